The van der Waals surface area contributed by atoms with Gasteiger partial charge in [-0.15, -0.1) is 0 Å². The van der Waals surface area contributed by atoms with Crippen LogP contribution in [0, 0.1) is 0 Å². The summed E-state index contributed by atoms with van der Waals surface area (Å²) in [5, 5.41) is 0. The predicted octanol–water partition coefficient (Wildman–Crippen LogP) is -0.581. The molecule has 2 aliphatic heterocycles. The zero-order valence-electron chi connectivity index (χ0n) is 12.0. The second-order valence-corrected chi connectivity index (χ2v) is 8.17. The van der Waals surface area contributed by atoms with Crippen molar-refractivity contribution in [2.24, 2.45) is 0 Å². The van der Waals surface area contributed by atoms with Crippen LogP contribution in [0.3, 0.4) is 0 Å². The summed E-state index contributed by atoms with van der Waals surface area (Å²) in [5.74, 6) is -0.0218. The number of quaternary nitrogens is 1. The minimum atomic E-state index is -3.16. The van der Waals surface area contributed by atoms with E-state index in [0.29, 0.717) is 11.4 Å². The van der Waals surface area contributed by atoms with E-state index in [9.17, 15) is 8.42 Å². The van der Waals surface area contributed by atoms with Crippen molar-refractivity contribution in [2.75, 3.05) is 0 Å². The molecule has 0 atom stereocenters. The van der Waals surface area contributed by atoms with E-state index in [2.05, 4.69) is 4.98 Å². The van der Waals surface area contributed by atoms with Crippen LogP contribution in [-0.2, 0) is 25.1 Å². The number of rotatable bonds is 1. The number of fused-ring (bicyclic) bond motifs is 1. The van der Waals surface area contributed by atoms with Gasteiger partial charge in [0.2, 0.25) is 0 Å². The first-order valence-corrected chi connectivity index (χ1v) is 8.23. The zero-order chi connectivity index (χ0) is 14.8. The quantitative estimate of drug-likeness (QED) is 0.701. The van der Waals surface area contributed by atoms with Crippen LogP contribution >= 0.6 is 0 Å². The SMILES string of the molecule is CC1(C)OB(c2cnc3c(c2)[NH2+]S(=O)(=O)C3)OC1(C)C. The normalized spacial score (nSPS) is 25.7. The number of sulfonamides is 1. The third-order valence-electron chi connectivity index (χ3n) is 4.19. The Morgan fingerprint density at radius 2 is 1.85 bits per heavy atom. The Kier molecular flexibility index (Phi) is 2.83. The van der Waals surface area contributed by atoms with Gasteiger partial charge < -0.3 is 9.31 Å². The Labute approximate surface area is 119 Å². The largest absolute Gasteiger partial charge is 0.496 e. The summed E-state index contributed by atoms with van der Waals surface area (Å²) < 4.78 is 36.3. The molecule has 8 heteroatoms. The number of nitrogens with two attached hydrogens (primary N) is 1. The fourth-order valence-corrected chi connectivity index (χ4v) is 3.58. The molecule has 108 valence electrons. The number of hydrogen-bond donors (Lipinski definition) is 1. The maximum Gasteiger partial charge on any atom is 0.496 e. The van der Waals surface area contributed by atoms with Gasteiger partial charge in [-0.2, -0.15) is 8.42 Å². The van der Waals surface area contributed by atoms with E-state index >= 15 is 0 Å². The molecule has 0 spiro atoms. The van der Waals surface area contributed by atoms with Gasteiger partial charge in [0.1, 0.15) is 11.4 Å². The summed E-state index contributed by atoms with van der Waals surface area (Å²) in [4.78, 5) is 4.22. The fraction of sp³-hybridized carbons (Fsp3) is 0.583. The Morgan fingerprint density at radius 3 is 2.45 bits per heavy atom. The Balaban J connectivity index is 1.92. The lowest BCUT2D eigenvalue weighted by molar-refractivity contribution is -0.392. The lowest BCUT2D eigenvalue weighted by Gasteiger charge is -2.32. The third kappa shape index (κ3) is 2.16. The molecule has 0 unspecified atom stereocenters. The Hall–Kier alpha value is -0.955. The number of primary sulfonamides is 1. The standard InChI is InChI=1S/C12H17BN2O4S/c1-11(2)12(3,4)19-13(18-11)8-5-9-10(14-6-8)7-20(16,17)15-9/h5-6,15H,7H2,1-4H3/p+1. The Bertz CT molecular complexity index is 656. The van der Waals surface area contributed by atoms with E-state index in [1.54, 1.807) is 12.3 Å². The number of pyridine rings is 1. The molecular formula is C12H18BN2O4S+. The maximum absolute atomic E-state index is 11.6. The predicted molar refractivity (Wildman–Crippen MR) is 74.2 cm³/mol. The van der Waals surface area contributed by atoms with Crippen molar-refractivity contribution in [3.8, 4) is 0 Å². The molecule has 2 N–H and O–H groups in total. The molecule has 3 rings (SSSR count). The van der Waals surface area contributed by atoms with Crippen molar-refractivity contribution in [3.63, 3.8) is 0 Å². The summed E-state index contributed by atoms with van der Waals surface area (Å²) in [5.41, 5.74) is 1.12. The molecule has 2 aliphatic rings. The van der Waals surface area contributed by atoms with Crippen LogP contribution in [0.2, 0.25) is 0 Å². The molecule has 1 saturated heterocycles. The van der Waals surface area contributed by atoms with Crippen molar-refractivity contribution in [2.45, 2.75) is 44.6 Å². The number of aromatic nitrogens is 1. The third-order valence-corrected chi connectivity index (χ3v) is 5.48. The van der Waals surface area contributed by atoms with Gasteiger partial charge in [-0.05, 0) is 27.7 Å². The van der Waals surface area contributed by atoms with Gasteiger partial charge in [-0.1, -0.05) is 0 Å². The second kappa shape index (κ2) is 4.04. The zero-order valence-corrected chi connectivity index (χ0v) is 12.8. The molecule has 0 amide bonds. The summed E-state index contributed by atoms with van der Waals surface area (Å²) >= 11 is 0. The summed E-state index contributed by atoms with van der Waals surface area (Å²) in [7, 11) is -3.68. The van der Waals surface area contributed by atoms with E-state index in [4.69, 9.17) is 9.31 Å². The van der Waals surface area contributed by atoms with E-state index in [1.807, 2.05) is 27.7 Å². The molecule has 0 radical (unpaired) electrons. The first kappa shape index (κ1) is 14.0. The van der Waals surface area contributed by atoms with E-state index in [1.165, 1.54) is 4.72 Å². The van der Waals surface area contributed by atoms with Crippen molar-refractivity contribution in [1.29, 1.82) is 0 Å². The minimum absolute atomic E-state index is 0.0218. The van der Waals surface area contributed by atoms with Crippen molar-refractivity contribution in [1.82, 2.24) is 4.98 Å². The summed E-state index contributed by atoms with van der Waals surface area (Å²) in [6.07, 6.45) is 1.63. The van der Waals surface area contributed by atoms with E-state index < -0.39 is 28.3 Å². The molecule has 6 nitrogen and oxygen atoms in total. The van der Waals surface area contributed by atoms with Gasteiger partial charge in [-0.3, -0.25) is 4.98 Å². The minimum Gasteiger partial charge on any atom is -0.399 e. The average Bonchev–Trinajstić information content (AvgIpc) is 2.69. The number of hydrogen-bond acceptors (Lipinski definition) is 5. The Morgan fingerprint density at radius 1 is 1.25 bits per heavy atom. The highest BCUT2D eigenvalue weighted by molar-refractivity contribution is 7.84. The molecule has 3 heterocycles. The van der Waals surface area contributed by atoms with Crippen LogP contribution in [0.15, 0.2) is 12.3 Å². The topological polar surface area (TPSA) is 82.1 Å². The van der Waals surface area contributed by atoms with Gasteiger partial charge in [0.15, 0.2) is 5.69 Å². The van der Waals surface area contributed by atoms with Crippen LogP contribution < -0.4 is 10.2 Å². The molecule has 0 saturated carbocycles. The van der Waals surface area contributed by atoms with Crippen molar-refractivity contribution < 1.29 is 22.4 Å². The van der Waals surface area contributed by atoms with Crippen molar-refractivity contribution >= 4 is 28.3 Å². The fourth-order valence-electron chi connectivity index (χ4n) is 2.28. The molecule has 1 aromatic heterocycles. The van der Waals surface area contributed by atoms with Crippen LogP contribution in [-0.4, -0.2) is 31.7 Å². The van der Waals surface area contributed by atoms with Gasteiger partial charge in [0, 0.05) is 17.7 Å². The first-order valence-electron chi connectivity index (χ1n) is 6.52. The van der Waals surface area contributed by atoms with Gasteiger partial charge in [0.25, 0.3) is 0 Å². The molecule has 0 aliphatic carbocycles. The first-order chi connectivity index (χ1) is 9.10. The molecule has 0 bridgehead atoms. The number of nitrogens with zero attached hydrogens (tertiary/aromatic N) is 1. The second-order valence-electron chi connectivity index (χ2n) is 6.32. The molecule has 20 heavy (non-hydrogen) atoms. The summed E-state index contributed by atoms with van der Waals surface area (Å²) in [6.45, 7) is 7.91. The van der Waals surface area contributed by atoms with E-state index in [0.717, 1.165) is 5.46 Å². The van der Waals surface area contributed by atoms with Gasteiger partial charge in [-0.25, -0.2) is 4.72 Å². The smallest absolute Gasteiger partial charge is 0.399 e. The van der Waals surface area contributed by atoms with Crippen LogP contribution in [0.25, 0.3) is 0 Å². The molecule has 1 aromatic rings. The highest BCUT2D eigenvalue weighted by Crippen LogP contribution is 2.36. The van der Waals surface area contributed by atoms with Crippen LogP contribution in [0.5, 0.6) is 0 Å². The molecule has 1 fully saturated rings. The lowest BCUT2D eigenvalue weighted by Crippen LogP contribution is -2.79. The molecule has 0 aromatic carbocycles. The maximum atomic E-state index is 11.6. The lowest BCUT2D eigenvalue weighted by atomic mass is 9.80. The van der Waals surface area contributed by atoms with Gasteiger partial charge in [0.05, 0.1) is 11.2 Å². The average molecular weight is 297 g/mol. The highest BCUT2D eigenvalue weighted by Gasteiger charge is 2.52. The van der Waals surface area contributed by atoms with Crippen LogP contribution in [0.1, 0.15) is 33.4 Å². The van der Waals surface area contributed by atoms with E-state index in [-0.39, 0.29) is 5.75 Å². The monoisotopic (exact) mass is 297 g/mol. The summed E-state index contributed by atoms with van der Waals surface area (Å²) in [6, 6.07) is 1.79. The molecular weight excluding hydrogens is 279 g/mol. The van der Waals surface area contributed by atoms with Gasteiger partial charge >= 0.3 is 17.1 Å². The highest BCUT2D eigenvalue weighted by atomic mass is 32.2. The van der Waals surface area contributed by atoms with Crippen molar-refractivity contribution in [3.05, 3.63) is 18.0 Å². The van der Waals surface area contributed by atoms with Crippen LogP contribution in [0.4, 0.5) is 5.69 Å².